The van der Waals surface area contributed by atoms with Crippen LogP contribution in [0.3, 0.4) is 0 Å². The Morgan fingerprint density at radius 2 is 2.38 bits per heavy atom. The molecule has 4 heterocycles. The highest BCUT2D eigenvalue weighted by molar-refractivity contribution is 9.10. The van der Waals surface area contributed by atoms with Crippen LogP contribution in [0.4, 0.5) is 14.9 Å². The van der Waals surface area contributed by atoms with Crippen molar-refractivity contribution in [3.8, 4) is 0 Å². The van der Waals surface area contributed by atoms with Crippen molar-refractivity contribution in [1.29, 1.82) is 0 Å². The fraction of sp³-hybridized carbons (Fsp3) is 0.471. The van der Waals surface area contributed by atoms with Gasteiger partial charge in [0.25, 0.3) is 0 Å². The summed E-state index contributed by atoms with van der Waals surface area (Å²) in [5, 5.41) is 10.2. The Morgan fingerprint density at radius 1 is 1.54 bits per heavy atom. The molecule has 2 atom stereocenters. The Balaban J connectivity index is 1.55. The highest BCUT2D eigenvalue weighted by Crippen LogP contribution is 2.34. The summed E-state index contributed by atoms with van der Waals surface area (Å²) in [7, 11) is 0. The maximum atomic E-state index is 14.1. The van der Waals surface area contributed by atoms with E-state index in [1.54, 1.807) is 4.90 Å². The molecule has 2 aliphatic heterocycles. The summed E-state index contributed by atoms with van der Waals surface area (Å²) in [6.45, 7) is 3.12. The smallest absolute Gasteiger partial charge is 0.322 e. The Labute approximate surface area is 158 Å². The van der Waals surface area contributed by atoms with Crippen molar-refractivity contribution in [3.05, 3.63) is 39.6 Å². The first kappa shape index (κ1) is 17.4. The second-order valence-electron chi connectivity index (χ2n) is 6.64. The second-order valence-corrected chi connectivity index (χ2v) is 7.39. The molecular weight excluding hydrogens is 405 g/mol. The van der Waals surface area contributed by atoms with Crippen molar-refractivity contribution in [3.63, 3.8) is 0 Å². The number of hydrogen-bond acceptors (Lipinski definition) is 4. The summed E-state index contributed by atoms with van der Waals surface area (Å²) in [6, 6.07) is 1.06. The van der Waals surface area contributed by atoms with Gasteiger partial charge in [0.15, 0.2) is 5.82 Å². The largest absolute Gasteiger partial charge is 0.372 e. The van der Waals surface area contributed by atoms with E-state index < -0.39 is 5.82 Å². The summed E-state index contributed by atoms with van der Waals surface area (Å²) in [6.07, 6.45) is 4.05. The summed E-state index contributed by atoms with van der Waals surface area (Å²) >= 11 is 3.03. The molecule has 2 amide bonds. The third kappa shape index (κ3) is 3.09. The topological polar surface area (TPSA) is 83.1 Å². The molecule has 26 heavy (non-hydrogen) atoms. The fourth-order valence-electron chi connectivity index (χ4n) is 3.53. The fourth-order valence-corrected chi connectivity index (χ4v) is 3.86. The number of carbonyl (C=O) groups is 1. The number of fused-ring (bicyclic) bond motifs is 1. The van der Waals surface area contributed by atoms with Crippen molar-refractivity contribution in [2.24, 2.45) is 0 Å². The Morgan fingerprint density at radius 3 is 3.15 bits per heavy atom. The van der Waals surface area contributed by atoms with Gasteiger partial charge in [-0.3, -0.25) is 5.10 Å². The van der Waals surface area contributed by atoms with Gasteiger partial charge in [0, 0.05) is 36.5 Å². The van der Waals surface area contributed by atoms with E-state index >= 15 is 0 Å². The summed E-state index contributed by atoms with van der Waals surface area (Å²) < 4.78 is 19.9. The second kappa shape index (κ2) is 6.96. The Kier molecular flexibility index (Phi) is 4.66. The van der Waals surface area contributed by atoms with Crippen LogP contribution in [0.15, 0.2) is 16.9 Å². The number of H-pyrrole nitrogens is 1. The minimum atomic E-state index is -0.588. The first-order chi connectivity index (χ1) is 12.5. The predicted octanol–water partition coefficient (Wildman–Crippen LogP) is 3.54. The van der Waals surface area contributed by atoms with E-state index in [1.807, 2.05) is 6.92 Å². The van der Waals surface area contributed by atoms with E-state index in [4.69, 9.17) is 4.74 Å². The SMILES string of the molecule is CC1Cc2[nH]nc(C3CCCO3)c2CN1C(=O)Nc1ccnc(Br)c1F. The quantitative estimate of drug-likeness (QED) is 0.723. The van der Waals surface area contributed by atoms with Crippen LogP contribution in [0.2, 0.25) is 0 Å². The van der Waals surface area contributed by atoms with Gasteiger partial charge in [-0.25, -0.2) is 14.2 Å². The normalized spacial score (nSPS) is 22.3. The van der Waals surface area contributed by atoms with Gasteiger partial charge >= 0.3 is 6.03 Å². The number of carbonyl (C=O) groups excluding carboxylic acids is 1. The van der Waals surface area contributed by atoms with Crippen LogP contribution in [0.1, 0.15) is 42.8 Å². The van der Waals surface area contributed by atoms with Crippen LogP contribution >= 0.6 is 15.9 Å². The number of nitrogens with zero attached hydrogens (tertiary/aromatic N) is 3. The monoisotopic (exact) mass is 423 g/mol. The minimum absolute atomic E-state index is 0.0121. The van der Waals surface area contributed by atoms with Crippen LogP contribution in [0, 0.1) is 5.82 Å². The van der Waals surface area contributed by atoms with E-state index in [0.29, 0.717) is 13.0 Å². The van der Waals surface area contributed by atoms with E-state index in [-0.39, 0.29) is 28.5 Å². The van der Waals surface area contributed by atoms with E-state index in [1.165, 1.54) is 12.3 Å². The molecule has 4 rings (SSSR count). The number of pyridine rings is 1. The molecule has 2 N–H and O–H groups in total. The average molecular weight is 424 g/mol. The van der Waals surface area contributed by atoms with Gasteiger partial charge < -0.3 is 15.0 Å². The predicted molar refractivity (Wildman–Crippen MR) is 96.1 cm³/mol. The van der Waals surface area contributed by atoms with E-state index in [2.05, 4.69) is 36.4 Å². The van der Waals surface area contributed by atoms with Crippen molar-refractivity contribution in [2.45, 2.75) is 44.9 Å². The number of nitrogens with one attached hydrogen (secondary N) is 2. The lowest BCUT2D eigenvalue weighted by Gasteiger charge is -2.33. The van der Waals surface area contributed by atoms with Gasteiger partial charge in [-0.2, -0.15) is 5.10 Å². The lowest BCUT2D eigenvalue weighted by atomic mass is 9.97. The lowest BCUT2D eigenvalue weighted by molar-refractivity contribution is 0.106. The maximum absolute atomic E-state index is 14.1. The molecule has 7 nitrogen and oxygen atoms in total. The summed E-state index contributed by atoms with van der Waals surface area (Å²) in [5.74, 6) is -0.588. The number of ether oxygens (including phenoxy) is 1. The molecule has 0 aliphatic carbocycles. The molecule has 2 aromatic heterocycles. The van der Waals surface area contributed by atoms with Gasteiger partial charge in [-0.1, -0.05) is 0 Å². The number of halogens is 2. The van der Waals surface area contributed by atoms with Crippen LogP contribution in [-0.2, 0) is 17.7 Å². The van der Waals surface area contributed by atoms with Gasteiger partial charge in [0.1, 0.15) is 10.7 Å². The van der Waals surface area contributed by atoms with Gasteiger partial charge in [0.05, 0.1) is 17.9 Å². The minimum Gasteiger partial charge on any atom is -0.372 e. The van der Waals surface area contributed by atoms with Crippen molar-refractivity contribution in [2.75, 3.05) is 11.9 Å². The molecule has 138 valence electrons. The van der Waals surface area contributed by atoms with Crippen LogP contribution in [0.25, 0.3) is 0 Å². The van der Waals surface area contributed by atoms with Crippen LogP contribution in [-0.4, -0.2) is 38.8 Å². The third-order valence-corrected chi connectivity index (χ3v) is 5.48. The number of urea groups is 1. The molecule has 1 saturated heterocycles. The number of anilines is 1. The first-order valence-electron chi connectivity index (χ1n) is 8.60. The van der Waals surface area contributed by atoms with Crippen molar-refractivity contribution in [1.82, 2.24) is 20.1 Å². The van der Waals surface area contributed by atoms with Crippen molar-refractivity contribution >= 4 is 27.6 Å². The number of aromatic amines is 1. The number of aromatic nitrogens is 3. The standard InChI is InChI=1S/C17H19BrFN5O2/c1-9-7-12-10(15(23-22-12)13-3-2-6-26-13)8-24(9)17(25)21-11-4-5-20-16(18)14(11)19/h4-5,9,13H,2-3,6-8H2,1H3,(H,22,23)(H,20,21,25). The van der Waals surface area contributed by atoms with Crippen LogP contribution in [0.5, 0.6) is 0 Å². The zero-order valence-electron chi connectivity index (χ0n) is 14.3. The third-order valence-electron chi connectivity index (χ3n) is 4.93. The van der Waals surface area contributed by atoms with E-state index in [0.717, 1.165) is 36.4 Å². The van der Waals surface area contributed by atoms with Gasteiger partial charge in [0.2, 0.25) is 0 Å². The Bertz CT molecular complexity index is 837. The number of hydrogen-bond donors (Lipinski definition) is 2. The van der Waals surface area contributed by atoms with Crippen LogP contribution < -0.4 is 5.32 Å². The summed E-state index contributed by atoms with van der Waals surface area (Å²) in [4.78, 5) is 18.3. The highest BCUT2D eigenvalue weighted by Gasteiger charge is 2.33. The first-order valence-corrected chi connectivity index (χ1v) is 9.39. The maximum Gasteiger partial charge on any atom is 0.322 e. The molecule has 2 unspecified atom stereocenters. The van der Waals surface area contributed by atoms with E-state index in [9.17, 15) is 9.18 Å². The van der Waals surface area contributed by atoms with Gasteiger partial charge in [-0.15, -0.1) is 0 Å². The van der Waals surface area contributed by atoms with Crippen molar-refractivity contribution < 1.29 is 13.9 Å². The summed E-state index contributed by atoms with van der Waals surface area (Å²) in [5.41, 5.74) is 3.05. The Hall–Kier alpha value is -2.00. The molecule has 2 aromatic rings. The molecule has 2 aliphatic rings. The molecule has 0 spiro atoms. The molecule has 0 bridgehead atoms. The molecule has 9 heteroatoms. The molecule has 0 aromatic carbocycles. The number of amides is 2. The van der Waals surface area contributed by atoms with Gasteiger partial charge in [-0.05, 0) is 41.8 Å². The molecule has 0 saturated carbocycles. The molecular formula is C17H19BrFN5O2. The lowest BCUT2D eigenvalue weighted by Crippen LogP contribution is -2.45. The zero-order valence-corrected chi connectivity index (χ0v) is 15.8. The number of rotatable bonds is 2. The average Bonchev–Trinajstić information content (AvgIpc) is 3.27. The molecule has 1 fully saturated rings. The zero-order chi connectivity index (χ0) is 18.3. The molecule has 0 radical (unpaired) electrons. The highest BCUT2D eigenvalue weighted by atomic mass is 79.9.